The van der Waals surface area contributed by atoms with Crippen molar-refractivity contribution in [2.24, 2.45) is 0 Å². The minimum Gasteiger partial charge on any atom is -0.315 e. The molecule has 0 aliphatic rings. The Hall–Kier alpha value is -0.860. The van der Waals surface area contributed by atoms with E-state index < -0.39 is 0 Å². The van der Waals surface area contributed by atoms with Crippen molar-refractivity contribution in [3.05, 3.63) is 35.9 Å². The Labute approximate surface area is 119 Å². The van der Waals surface area contributed by atoms with E-state index in [2.05, 4.69) is 61.3 Å². The summed E-state index contributed by atoms with van der Waals surface area (Å²) in [6, 6.07) is 11.3. The van der Waals surface area contributed by atoms with Gasteiger partial charge in [-0.05, 0) is 32.0 Å². The average molecular weight is 262 g/mol. The first-order chi connectivity index (χ1) is 9.27. The van der Waals surface area contributed by atoms with Crippen LogP contribution >= 0.6 is 0 Å². The Balaban J connectivity index is 2.29. The minimum atomic E-state index is 0.590. The predicted octanol–water partition coefficient (Wildman–Crippen LogP) is 3.68. The molecule has 0 saturated heterocycles. The minimum absolute atomic E-state index is 0.590. The highest BCUT2D eigenvalue weighted by atomic mass is 15.2. The second-order valence-electron chi connectivity index (χ2n) is 5.31. The van der Waals surface area contributed by atoms with Gasteiger partial charge < -0.3 is 5.32 Å². The van der Waals surface area contributed by atoms with Crippen LogP contribution in [0, 0.1) is 0 Å². The molecule has 1 N–H and O–H groups in total. The number of likely N-dealkylation sites (N-methyl/N-ethyl adjacent to an activating group) is 1. The van der Waals surface area contributed by atoms with E-state index in [9.17, 15) is 0 Å². The van der Waals surface area contributed by atoms with Crippen LogP contribution in [0.2, 0.25) is 0 Å². The molecule has 0 amide bonds. The van der Waals surface area contributed by atoms with E-state index in [4.69, 9.17) is 0 Å². The molecule has 0 bridgehead atoms. The standard InChI is InChI=1S/C17H30N2/c1-4-6-10-13-18-14-16(3)19(5-2)15-17-11-8-7-9-12-17/h7-9,11-12,16,18H,4-6,10,13-15H2,1-3H3. The van der Waals surface area contributed by atoms with Crippen molar-refractivity contribution in [3.63, 3.8) is 0 Å². The number of benzene rings is 1. The molecule has 0 fully saturated rings. The molecule has 1 rings (SSSR count). The number of unbranched alkanes of at least 4 members (excludes halogenated alkanes) is 2. The molecule has 0 spiro atoms. The maximum absolute atomic E-state index is 3.58. The lowest BCUT2D eigenvalue weighted by atomic mass is 10.2. The van der Waals surface area contributed by atoms with Crippen LogP contribution in [0.1, 0.15) is 45.6 Å². The third-order valence-electron chi connectivity index (χ3n) is 3.65. The summed E-state index contributed by atoms with van der Waals surface area (Å²) in [4.78, 5) is 2.53. The lowest BCUT2D eigenvalue weighted by Crippen LogP contribution is -2.40. The van der Waals surface area contributed by atoms with Crippen LogP contribution in [0.3, 0.4) is 0 Å². The van der Waals surface area contributed by atoms with E-state index >= 15 is 0 Å². The van der Waals surface area contributed by atoms with Gasteiger partial charge in [0, 0.05) is 19.1 Å². The highest BCUT2D eigenvalue weighted by Crippen LogP contribution is 2.07. The number of nitrogens with one attached hydrogen (secondary N) is 1. The van der Waals surface area contributed by atoms with Gasteiger partial charge in [-0.1, -0.05) is 57.0 Å². The molecule has 1 aromatic rings. The van der Waals surface area contributed by atoms with E-state index in [1.165, 1.54) is 24.8 Å². The zero-order valence-corrected chi connectivity index (χ0v) is 12.9. The van der Waals surface area contributed by atoms with Gasteiger partial charge in [0.05, 0.1) is 0 Å². The van der Waals surface area contributed by atoms with Gasteiger partial charge in [0.15, 0.2) is 0 Å². The SMILES string of the molecule is CCCCCNCC(C)N(CC)Cc1ccccc1. The van der Waals surface area contributed by atoms with Crippen molar-refractivity contribution in [2.45, 2.75) is 52.6 Å². The third kappa shape index (κ3) is 6.74. The van der Waals surface area contributed by atoms with E-state index in [0.29, 0.717) is 6.04 Å². The van der Waals surface area contributed by atoms with Crippen LogP contribution in [0.5, 0.6) is 0 Å². The summed E-state index contributed by atoms with van der Waals surface area (Å²) >= 11 is 0. The van der Waals surface area contributed by atoms with E-state index in [1.54, 1.807) is 0 Å². The fraction of sp³-hybridized carbons (Fsp3) is 0.647. The fourth-order valence-electron chi connectivity index (χ4n) is 2.34. The van der Waals surface area contributed by atoms with Crippen LogP contribution < -0.4 is 5.32 Å². The number of nitrogens with zero attached hydrogens (tertiary/aromatic N) is 1. The fourth-order valence-corrected chi connectivity index (χ4v) is 2.34. The summed E-state index contributed by atoms with van der Waals surface area (Å²) in [6.07, 6.45) is 3.93. The largest absolute Gasteiger partial charge is 0.315 e. The van der Waals surface area contributed by atoms with Gasteiger partial charge in [-0.2, -0.15) is 0 Å². The van der Waals surface area contributed by atoms with Gasteiger partial charge in [-0.15, -0.1) is 0 Å². The summed E-state index contributed by atoms with van der Waals surface area (Å²) in [5, 5.41) is 3.58. The first-order valence-corrected chi connectivity index (χ1v) is 7.76. The van der Waals surface area contributed by atoms with Gasteiger partial charge in [0.25, 0.3) is 0 Å². The summed E-state index contributed by atoms with van der Waals surface area (Å²) in [6.45, 7) is 11.2. The van der Waals surface area contributed by atoms with E-state index in [0.717, 1.165) is 26.2 Å². The van der Waals surface area contributed by atoms with Crippen molar-refractivity contribution in [3.8, 4) is 0 Å². The summed E-state index contributed by atoms with van der Waals surface area (Å²) in [5.74, 6) is 0. The maximum atomic E-state index is 3.58. The molecule has 2 nitrogen and oxygen atoms in total. The van der Waals surface area contributed by atoms with Gasteiger partial charge >= 0.3 is 0 Å². The van der Waals surface area contributed by atoms with Crippen molar-refractivity contribution in [2.75, 3.05) is 19.6 Å². The first-order valence-electron chi connectivity index (χ1n) is 7.76. The normalized spacial score (nSPS) is 12.8. The average Bonchev–Trinajstić information content (AvgIpc) is 2.45. The van der Waals surface area contributed by atoms with Gasteiger partial charge in [0.2, 0.25) is 0 Å². The van der Waals surface area contributed by atoms with E-state index in [-0.39, 0.29) is 0 Å². The lowest BCUT2D eigenvalue weighted by molar-refractivity contribution is 0.206. The van der Waals surface area contributed by atoms with Gasteiger partial charge in [-0.3, -0.25) is 4.90 Å². The Bertz CT molecular complexity index is 310. The van der Waals surface area contributed by atoms with Crippen molar-refractivity contribution >= 4 is 0 Å². The Kier molecular flexibility index (Phi) is 8.52. The third-order valence-corrected chi connectivity index (χ3v) is 3.65. The molecule has 2 heteroatoms. The van der Waals surface area contributed by atoms with Crippen LogP contribution in [-0.4, -0.2) is 30.6 Å². The van der Waals surface area contributed by atoms with Crippen molar-refractivity contribution < 1.29 is 0 Å². The quantitative estimate of drug-likeness (QED) is 0.647. The van der Waals surface area contributed by atoms with Crippen LogP contribution in [-0.2, 0) is 6.54 Å². The molecule has 1 unspecified atom stereocenters. The monoisotopic (exact) mass is 262 g/mol. The molecule has 0 saturated carbocycles. The predicted molar refractivity (Wildman–Crippen MR) is 84.4 cm³/mol. The second kappa shape index (κ2) is 9.99. The van der Waals surface area contributed by atoms with Crippen molar-refractivity contribution in [1.82, 2.24) is 10.2 Å². The molecule has 1 aromatic carbocycles. The number of rotatable bonds is 10. The van der Waals surface area contributed by atoms with E-state index in [1.807, 2.05) is 0 Å². The Morgan fingerprint density at radius 1 is 1.11 bits per heavy atom. The second-order valence-corrected chi connectivity index (χ2v) is 5.31. The lowest BCUT2D eigenvalue weighted by Gasteiger charge is -2.28. The number of hydrogen-bond donors (Lipinski definition) is 1. The smallest absolute Gasteiger partial charge is 0.0236 e. The molecule has 0 heterocycles. The number of hydrogen-bond acceptors (Lipinski definition) is 2. The van der Waals surface area contributed by atoms with Gasteiger partial charge in [0.1, 0.15) is 0 Å². The first kappa shape index (κ1) is 16.2. The molecule has 1 atom stereocenters. The Morgan fingerprint density at radius 3 is 2.47 bits per heavy atom. The van der Waals surface area contributed by atoms with Crippen LogP contribution in [0.25, 0.3) is 0 Å². The molecule has 19 heavy (non-hydrogen) atoms. The molecule has 0 aromatic heterocycles. The molecular formula is C17H30N2. The zero-order valence-electron chi connectivity index (χ0n) is 12.9. The summed E-state index contributed by atoms with van der Waals surface area (Å²) in [5.41, 5.74) is 1.40. The molecule has 0 radical (unpaired) electrons. The van der Waals surface area contributed by atoms with Crippen LogP contribution in [0.15, 0.2) is 30.3 Å². The van der Waals surface area contributed by atoms with Crippen molar-refractivity contribution in [1.29, 1.82) is 0 Å². The molecule has 0 aliphatic carbocycles. The molecule has 108 valence electrons. The van der Waals surface area contributed by atoms with Crippen LogP contribution in [0.4, 0.5) is 0 Å². The highest BCUT2D eigenvalue weighted by molar-refractivity contribution is 5.14. The Morgan fingerprint density at radius 2 is 1.84 bits per heavy atom. The molecule has 0 aliphatic heterocycles. The summed E-state index contributed by atoms with van der Waals surface area (Å²) in [7, 11) is 0. The van der Waals surface area contributed by atoms with Gasteiger partial charge in [-0.25, -0.2) is 0 Å². The highest BCUT2D eigenvalue weighted by Gasteiger charge is 2.11. The zero-order chi connectivity index (χ0) is 13.9. The topological polar surface area (TPSA) is 15.3 Å². The summed E-state index contributed by atoms with van der Waals surface area (Å²) < 4.78 is 0. The maximum Gasteiger partial charge on any atom is 0.0236 e. The molecular weight excluding hydrogens is 232 g/mol.